The monoisotopic (exact) mass is 334 g/mol. The molecule has 0 bridgehead atoms. The minimum Gasteiger partial charge on any atom is -0.433 e. The molecule has 1 saturated heterocycles. The van der Waals surface area contributed by atoms with E-state index in [2.05, 4.69) is 10.1 Å². The first kappa shape index (κ1) is 16.8. The van der Waals surface area contributed by atoms with Crippen LogP contribution < -0.4 is 10.1 Å². The predicted molar refractivity (Wildman–Crippen MR) is 78.5 cm³/mol. The zero-order valence-corrected chi connectivity index (χ0v) is 12.5. The molecule has 0 aromatic heterocycles. The highest BCUT2D eigenvalue weighted by Gasteiger charge is 2.26. The summed E-state index contributed by atoms with van der Waals surface area (Å²) in [5, 5.41) is 12.0. The van der Waals surface area contributed by atoms with Crippen LogP contribution in [0.1, 0.15) is 19.3 Å². The van der Waals surface area contributed by atoms with Crippen molar-refractivity contribution in [2.75, 3.05) is 18.5 Å². The number of nitrogens with one attached hydrogen (secondary N) is 1. The number of nitrogens with zero attached hydrogens (tertiary/aromatic N) is 1. The molecule has 2 N–H and O–H groups in total. The molecule has 0 unspecified atom stereocenters. The lowest BCUT2D eigenvalue weighted by atomic mass is 10.0. The van der Waals surface area contributed by atoms with Crippen molar-refractivity contribution in [1.82, 2.24) is 4.90 Å². The van der Waals surface area contributed by atoms with Gasteiger partial charge in [-0.25, -0.2) is 4.79 Å². The first-order chi connectivity index (χ1) is 10.5. The number of aliphatic hydroxyl groups excluding tert-OH is 1. The van der Waals surface area contributed by atoms with Gasteiger partial charge in [-0.3, -0.25) is 0 Å². The highest BCUT2D eigenvalue weighted by Crippen LogP contribution is 2.29. The van der Waals surface area contributed by atoms with Gasteiger partial charge in [0.25, 0.3) is 0 Å². The van der Waals surface area contributed by atoms with Crippen LogP contribution in [0.3, 0.4) is 0 Å². The van der Waals surface area contributed by atoms with E-state index < -0.39 is 6.61 Å². The molecule has 1 aromatic rings. The second-order valence-corrected chi connectivity index (χ2v) is 5.39. The Morgan fingerprint density at radius 2 is 2.27 bits per heavy atom. The molecule has 22 heavy (non-hydrogen) atoms. The van der Waals surface area contributed by atoms with Crippen LogP contribution in [0.5, 0.6) is 5.75 Å². The number of hydrogen-bond donors (Lipinski definition) is 2. The second-order valence-electron chi connectivity index (χ2n) is 4.98. The van der Waals surface area contributed by atoms with Crippen LogP contribution in [0.15, 0.2) is 18.2 Å². The van der Waals surface area contributed by atoms with Gasteiger partial charge in [0, 0.05) is 18.3 Å². The van der Waals surface area contributed by atoms with Crippen molar-refractivity contribution in [3.8, 4) is 5.75 Å². The van der Waals surface area contributed by atoms with Crippen LogP contribution in [0.2, 0.25) is 5.02 Å². The van der Waals surface area contributed by atoms with Gasteiger partial charge in [-0.15, -0.1) is 0 Å². The third-order valence-corrected chi connectivity index (χ3v) is 3.81. The standard InChI is InChI=1S/C14H17ClF2N2O3/c15-11-5-4-9(7-12(11)22-13(16)17)18-14(21)19-6-2-1-3-10(19)8-20/h4-5,7,10,13,20H,1-3,6,8H2,(H,18,21)/t10-/m1/s1. The third-order valence-electron chi connectivity index (χ3n) is 3.50. The van der Waals surface area contributed by atoms with E-state index in [1.54, 1.807) is 4.90 Å². The number of halogens is 3. The summed E-state index contributed by atoms with van der Waals surface area (Å²) < 4.78 is 28.8. The Labute approximate surface area is 131 Å². The van der Waals surface area contributed by atoms with Gasteiger partial charge in [-0.2, -0.15) is 8.78 Å². The van der Waals surface area contributed by atoms with E-state index in [-0.39, 0.29) is 29.5 Å². The van der Waals surface area contributed by atoms with Crippen LogP contribution in [-0.4, -0.2) is 41.8 Å². The van der Waals surface area contributed by atoms with Crippen LogP contribution in [-0.2, 0) is 0 Å². The Balaban J connectivity index is 2.07. The topological polar surface area (TPSA) is 61.8 Å². The van der Waals surface area contributed by atoms with Crippen molar-refractivity contribution >= 4 is 23.3 Å². The van der Waals surface area contributed by atoms with Crippen molar-refractivity contribution in [3.05, 3.63) is 23.2 Å². The zero-order valence-electron chi connectivity index (χ0n) is 11.8. The van der Waals surface area contributed by atoms with Crippen molar-refractivity contribution in [3.63, 3.8) is 0 Å². The SMILES string of the molecule is O=C(Nc1ccc(Cl)c(OC(F)F)c1)N1CCCC[C@@H]1CO. The molecule has 1 aliphatic heterocycles. The average molecular weight is 335 g/mol. The minimum absolute atomic E-state index is 0.0320. The van der Waals surface area contributed by atoms with Gasteiger partial charge in [0.15, 0.2) is 0 Å². The molecule has 122 valence electrons. The van der Waals surface area contributed by atoms with Crippen LogP contribution >= 0.6 is 11.6 Å². The number of carbonyl (C=O) groups is 1. The molecule has 1 aromatic carbocycles. The Morgan fingerprint density at radius 3 is 2.95 bits per heavy atom. The van der Waals surface area contributed by atoms with Crippen molar-refractivity contribution in [2.24, 2.45) is 0 Å². The molecule has 1 aliphatic rings. The van der Waals surface area contributed by atoms with E-state index in [1.165, 1.54) is 18.2 Å². The molecular formula is C14H17ClF2N2O3. The number of likely N-dealkylation sites (tertiary alicyclic amines) is 1. The molecule has 2 rings (SSSR count). The van der Waals surface area contributed by atoms with Gasteiger partial charge in [0.1, 0.15) is 5.75 Å². The molecule has 8 heteroatoms. The highest BCUT2D eigenvalue weighted by atomic mass is 35.5. The van der Waals surface area contributed by atoms with E-state index in [0.29, 0.717) is 12.2 Å². The fraction of sp³-hybridized carbons (Fsp3) is 0.500. The normalized spacial score (nSPS) is 18.4. The van der Waals surface area contributed by atoms with Crippen LogP contribution in [0.25, 0.3) is 0 Å². The molecule has 1 fully saturated rings. The molecule has 1 heterocycles. The summed E-state index contributed by atoms with van der Waals surface area (Å²) in [4.78, 5) is 13.8. The Morgan fingerprint density at radius 1 is 1.50 bits per heavy atom. The molecule has 5 nitrogen and oxygen atoms in total. The maximum Gasteiger partial charge on any atom is 0.387 e. The lowest BCUT2D eigenvalue weighted by Gasteiger charge is -2.34. The lowest BCUT2D eigenvalue weighted by molar-refractivity contribution is -0.0497. The molecule has 2 amide bonds. The number of alkyl halides is 2. The number of hydrogen-bond acceptors (Lipinski definition) is 3. The predicted octanol–water partition coefficient (Wildman–Crippen LogP) is 3.32. The first-order valence-electron chi connectivity index (χ1n) is 6.94. The highest BCUT2D eigenvalue weighted by molar-refractivity contribution is 6.32. The molecule has 0 saturated carbocycles. The van der Waals surface area contributed by atoms with E-state index in [4.69, 9.17) is 11.6 Å². The fourth-order valence-corrected chi connectivity index (χ4v) is 2.58. The number of urea groups is 1. The number of anilines is 1. The van der Waals surface area contributed by atoms with Gasteiger partial charge in [-0.1, -0.05) is 11.6 Å². The number of benzene rings is 1. The smallest absolute Gasteiger partial charge is 0.387 e. The number of aliphatic hydroxyl groups is 1. The molecule has 1 atom stereocenters. The molecule has 0 aliphatic carbocycles. The first-order valence-corrected chi connectivity index (χ1v) is 7.32. The number of amides is 2. The number of rotatable bonds is 4. The van der Waals surface area contributed by atoms with Crippen molar-refractivity contribution < 1.29 is 23.4 Å². The maximum atomic E-state index is 12.3. The summed E-state index contributed by atoms with van der Waals surface area (Å²) in [5.74, 6) is -0.202. The quantitative estimate of drug-likeness (QED) is 0.888. The largest absolute Gasteiger partial charge is 0.433 e. The van der Waals surface area contributed by atoms with Gasteiger partial charge < -0.3 is 20.1 Å². The second kappa shape index (κ2) is 7.60. The summed E-state index contributed by atoms with van der Waals surface area (Å²) in [6, 6.07) is 3.50. The summed E-state index contributed by atoms with van der Waals surface area (Å²) in [5.41, 5.74) is 0.298. The molecular weight excluding hydrogens is 318 g/mol. The van der Waals surface area contributed by atoms with Gasteiger partial charge in [-0.05, 0) is 31.4 Å². The van der Waals surface area contributed by atoms with E-state index >= 15 is 0 Å². The van der Waals surface area contributed by atoms with E-state index in [1.807, 2.05) is 0 Å². The fourth-order valence-electron chi connectivity index (χ4n) is 2.42. The Kier molecular flexibility index (Phi) is 5.79. The van der Waals surface area contributed by atoms with Gasteiger partial charge in [0.2, 0.25) is 0 Å². The van der Waals surface area contributed by atoms with E-state index in [9.17, 15) is 18.7 Å². The maximum absolute atomic E-state index is 12.3. The van der Waals surface area contributed by atoms with Crippen molar-refractivity contribution in [2.45, 2.75) is 31.9 Å². The summed E-state index contributed by atoms with van der Waals surface area (Å²) in [7, 11) is 0. The lowest BCUT2D eigenvalue weighted by Crippen LogP contribution is -2.47. The third kappa shape index (κ3) is 4.20. The number of ether oxygens (including phenoxy) is 1. The van der Waals surface area contributed by atoms with Crippen molar-refractivity contribution in [1.29, 1.82) is 0 Å². The summed E-state index contributed by atoms with van der Waals surface area (Å²) in [6.45, 7) is -2.55. The number of carbonyl (C=O) groups excluding carboxylic acids is 1. The summed E-state index contributed by atoms with van der Waals surface area (Å²) in [6.07, 6.45) is 2.57. The minimum atomic E-state index is -3.00. The average Bonchev–Trinajstić information content (AvgIpc) is 2.50. The Hall–Kier alpha value is -1.60. The van der Waals surface area contributed by atoms with Crippen LogP contribution in [0.4, 0.5) is 19.3 Å². The molecule has 0 radical (unpaired) electrons. The van der Waals surface area contributed by atoms with Gasteiger partial charge >= 0.3 is 12.6 Å². The van der Waals surface area contributed by atoms with Gasteiger partial charge in [0.05, 0.1) is 17.7 Å². The van der Waals surface area contributed by atoms with Crippen LogP contribution in [0, 0.1) is 0 Å². The molecule has 0 spiro atoms. The number of piperidine rings is 1. The Bertz CT molecular complexity index is 531. The van der Waals surface area contributed by atoms with E-state index in [0.717, 1.165) is 19.3 Å². The summed E-state index contributed by atoms with van der Waals surface area (Å²) >= 11 is 5.76. The zero-order chi connectivity index (χ0) is 16.1.